The normalized spacial score (nSPS) is 15.9. The number of carbonyl (C=O) groups is 2. The van der Waals surface area contributed by atoms with E-state index in [2.05, 4.69) is 13.8 Å². The number of piperazine rings is 1. The van der Waals surface area contributed by atoms with Gasteiger partial charge in [-0.2, -0.15) is 0 Å². The fraction of sp³-hybridized carbons (Fsp3) is 0.600. The topological polar surface area (TPSA) is 75.9 Å². The van der Waals surface area contributed by atoms with Gasteiger partial charge in [0.25, 0.3) is 0 Å². The predicted molar refractivity (Wildman–Crippen MR) is 102 cm³/mol. The quantitative estimate of drug-likeness (QED) is 0.802. The van der Waals surface area contributed by atoms with E-state index in [4.69, 9.17) is 10.5 Å². The maximum Gasteiger partial charge on any atom is 0.239 e. The molecule has 1 aromatic carbocycles. The van der Waals surface area contributed by atoms with Crippen molar-refractivity contribution in [3.05, 3.63) is 29.8 Å². The van der Waals surface area contributed by atoms with Crippen molar-refractivity contribution in [2.24, 2.45) is 11.7 Å². The lowest BCUT2D eigenvalue weighted by atomic mass is 10.0. The van der Waals surface area contributed by atoms with Gasteiger partial charge in [-0.15, -0.1) is 0 Å². The van der Waals surface area contributed by atoms with Crippen LogP contribution in [0.15, 0.2) is 24.3 Å². The molecular formula is C20H31N3O3. The lowest BCUT2D eigenvalue weighted by molar-refractivity contribution is -0.140. The van der Waals surface area contributed by atoms with Gasteiger partial charge in [0.1, 0.15) is 5.75 Å². The highest BCUT2D eigenvalue weighted by Crippen LogP contribution is 2.14. The molecule has 1 atom stereocenters. The van der Waals surface area contributed by atoms with E-state index >= 15 is 0 Å². The number of hydrogen-bond acceptors (Lipinski definition) is 4. The van der Waals surface area contributed by atoms with E-state index in [1.165, 1.54) is 0 Å². The average molecular weight is 361 g/mol. The Kier molecular flexibility index (Phi) is 7.45. The molecule has 1 fully saturated rings. The highest BCUT2D eigenvalue weighted by molar-refractivity contribution is 5.82. The van der Waals surface area contributed by atoms with Crippen LogP contribution in [-0.2, 0) is 16.0 Å². The zero-order valence-electron chi connectivity index (χ0n) is 16.1. The Morgan fingerprint density at radius 1 is 1.08 bits per heavy atom. The highest BCUT2D eigenvalue weighted by atomic mass is 16.5. The molecule has 144 valence electrons. The third-order valence-corrected chi connectivity index (χ3v) is 4.77. The van der Waals surface area contributed by atoms with E-state index in [9.17, 15) is 9.59 Å². The zero-order chi connectivity index (χ0) is 19.1. The molecule has 0 aliphatic carbocycles. The molecule has 1 aliphatic heterocycles. The lowest BCUT2D eigenvalue weighted by Gasteiger charge is -2.36. The van der Waals surface area contributed by atoms with Crippen LogP contribution in [0.4, 0.5) is 0 Å². The van der Waals surface area contributed by atoms with Gasteiger partial charge in [0.2, 0.25) is 11.8 Å². The van der Waals surface area contributed by atoms with Crippen molar-refractivity contribution in [1.29, 1.82) is 0 Å². The smallest absolute Gasteiger partial charge is 0.239 e. The summed E-state index contributed by atoms with van der Waals surface area (Å²) in [5, 5.41) is 0. The molecule has 0 bridgehead atoms. The number of carbonyl (C=O) groups excluding carboxylic acids is 2. The summed E-state index contributed by atoms with van der Waals surface area (Å²) < 4.78 is 5.14. The van der Waals surface area contributed by atoms with Crippen LogP contribution in [0.5, 0.6) is 5.75 Å². The number of benzene rings is 1. The molecule has 26 heavy (non-hydrogen) atoms. The second-order valence-corrected chi connectivity index (χ2v) is 7.29. The van der Waals surface area contributed by atoms with Crippen LogP contribution in [0.3, 0.4) is 0 Å². The maximum absolute atomic E-state index is 12.4. The number of amides is 2. The van der Waals surface area contributed by atoms with Crippen LogP contribution in [-0.4, -0.2) is 60.9 Å². The summed E-state index contributed by atoms with van der Waals surface area (Å²) in [4.78, 5) is 28.4. The Balaban J connectivity index is 1.76. The molecule has 1 heterocycles. The molecular weight excluding hydrogens is 330 g/mol. The zero-order valence-corrected chi connectivity index (χ0v) is 16.1. The van der Waals surface area contributed by atoms with E-state index in [0.29, 0.717) is 51.4 Å². The van der Waals surface area contributed by atoms with E-state index in [1.807, 2.05) is 29.2 Å². The first-order valence-electron chi connectivity index (χ1n) is 9.35. The van der Waals surface area contributed by atoms with Crippen molar-refractivity contribution < 1.29 is 14.3 Å². The molecule has 2 rings (SSSR count). The van der Waals surface area contributed by atoms with Crippen LogP contribution >= 0.6 is 0 Å². The van der Waals surface area contributed by atoms with Crippen molar-refractivity contribution >= 4 is 11.8 Å². The fourth-order valence-electron chi connectivity index (χ4n) is 3.22. The second-order valence-electron chi connectivity index (χ2n) is 7.29. The van der Waals surface area contributed by atoms with Gasteiger partial charge < -0.3 is 20.3 Å². The standard InChI is InChI=1S/C20H31N3O3/c1-15(2)14-18(21)20(25)23-12-10-22(11-13-23)19(24)9-6-16-4-7-17(26-3)8-5-16/h4-5,7-8,15,18H,6,9-14,21H2,1-3H3/t18-/m0/s1. The van der Waals surface area contributed by atoms with Gasteiger partial charge in [0, 0.05) is 32.6 Å². The fourth-order valence-corrected chi connectivity index (χ4v) is 3.22. The third kappa shape index (κ3) is 5.73. The van der Waals surface area contributed by atoms with Crippen LogP contribution in [0.1, 0.15) is 32.3 Å². The van der Waals surface area contributed by atoms with Crippen LogP contribution in [0, 0.1) is 5.92 Å². The minimum absolute atomic E-state index is 0.00373. The first-order chi connectivity index (χ1) is 12.4. The van der Waals surface area contributed by atoms with Gasteiger partial charge in [-0.05, 0) is 36.5 Å². The lowest BCUT2D eigenvalue weighted by Crippen LogP contribution is -2.54. The van der Waals surface area contributed by atoms with Crippen molar-refractivity contribution in [3.63, 3.8) is 0 Å². The third-order valence-electron chi connectivity index (χ3n) is 4.77. The first-order valence-corrected chi connectivity index (χ1v) is 9.35. The monoisotopic (exact) mass is 361 g/mol. The molecule has 0 saturated carbocycles. The van der Waals surface area contributed by atoms with Gasteiger partial charge in [0.05, 0.1) is 13.2 Å². The van der Waals surface area contributed by atoms with Gasteiger partial charge in [0.15, 0.2) is 0 Å². The van der Waals surface area contributed by atoms with Crippen molar-refractivity contribution in [2.75, 3.05) is 33.3 Å². The summed E-state index contributed by atoms with van der Waals surface area (Å²) in [5.41, 5.74) is 7.11. The van der Waals surface area contributed by atoms with Crippen LogP contribution < -0.4 is 10.5 Å². The molecule has 1 aromatic rings. The number of nitrogens with zero attached hydrogens (tertiary/aromatic N) is 2. The van der Waals surface area contributed by atoms with Crippen molar-refractivity contribution in [2.45, 2.75) is 39.2 Å². The Morgan fingerprint density at radius 2 is 1.65 bits per heavy atom. The van der Waals surface area contributed by atoms with Gasteiger partial charge in [-0.25, -0.2) is 0 Å². The maximum atomic E-state index is 12.4. The summed E-state index contributed by atoms with van der Waals surface area (Å²) in [6.45, 7) is 6.43. The Morgan fingerprint density at radius 3 is 2.19 bits per heavy atom. The molecule has 6 heteroatoms. The molecule has 2 N–H and O–H groups in total. The predicted octanol–water partition coefficient (Wildman–Crippen LogP) is 1.67. The van der Waals surface area contributed by atoms with Crippen molar-refractivity contribution in [1.82, 2.24) is 9.80 Å². The minimum Gasteiger partial charge on any atom is -0.497 e. The minimum atomic E-state index is -0.438. The number of aryl methyl sites for hydroxylation is 1. The molecule has 0 spiro atoms. The molecule has 6 nitrogen and oxygen atoms in total. The summed E-state index contributed by atoms with van der Waals surface area (Å²) in [7, 11) is 1.64. The van der Waals surface area contributed by atoms with Crippen LogP contribution in [0.25, 0.3) is 0 Å². The summed E-state index contributed by atoms with van der Waals surface area (Å²) in [6, 6.07) is 7.35. The van der Waals surface area contributed by atoms with E-state index < -0.39 is 6.04 Å². The molecule has 0 aromatic heterocycles. The average Bonchev–Trinajstić information content (AvgIpc) is 2.65. The van der Waals surface area contributed by atoms with Gasteiger partial charge >= 0.3 is 0 Å². The Hall–Kier alpha value is -2.08. The largest absolute Gasteiger partial charge is 0.497 e. The summed E-state index contributed by atoms with van der Waals surface area (Å²) in [5.74, 6) is 1.36. The number of nitrogens with two attached hydrogens (primary N) is 1. The number of rotatable bonds is 7. The SMILES string of the molecule is COc1ccc(CCC(=O)N2CCN(C(=O)[C@@H](N)CC(C)C)CC2)cc1. The second kappa shape index (κ2) is 9.57. The Bertz CT molecular complexity index is 593. The Labute approximate surface area is 156 Å². The summed E-state index contributed by atoms with van der Waals surface area (Å²) >= 11 is 0. The number of hydrogen-bond donors (Lipinski definition) is 1. The van der Waals surface area contributed by atoms with Crippen molar-refractivity contribution in [3.8, 4) is 5.75 Å². The molecule has 1 aliphatic rings. The first kappa shape index (κ1) is 20.2. The van der Waals surface area contributed by atoms with E-state index in [1.54, 1.807) is 12.0 Å². The highest BCUT2D eigenvalue weighted by Gasteiger charge is 2.27. The molecule has 2 amide bonds. The van der Waals surface area contributed by atoms with Gasteiger partial charge in [-0.1, -0.05) is 26.0 Å². The molecule has 1 saturated heterocycles. The molecule has 0 unspecified atom stereocenters. The number of ether oxygens (including phenoxy) is 1. The molecule has 0 radical (unpaired) electrons. The van der Waals surface area contributed by atoms with E-state index in [-0.39, 0.29) is 11.8 Å². The summed E-state index contributed by atoms with van der Waals surface area (Å²) in [6.07, 6.45) is 1.88. The number of methoxy groups -OCH3 is 1. The van der Waals surface area contributed by atoms with Gasteiger partial charge in [-0.3, -0.25) is 9.59 Å². The van der Waals surface area contributed by atoms with E-state index in [0.717, 1.165) is 11.3 Å². The van der Waals surface area contributed by atoms with Crippen LogP contribution in [0.2, 0.25) is 0 Å².